The van der Waals surface area contributed by atoms with Crippen molar-refractivity contribution in [3.8, 4) is 5.75 Å². The Bertz CT molecular complexity index is 729. The van der Waals surface area contributed by atoms with Crippen molar-refractivity contribution in [2.45, 2.75) is 32.7 Å². The summed E-state index contributed by atoms with van der Waals surface area (Å²) in [5, 5.41) is 2.81. The largest absolute Gasteiger partial charge is 0.497 e. The normalized spacial score (nSPS) is 11.5. The van der Waals surface area contributed by atoms with Gasteiger partial charge in [0, 0.05) is 13.1 Å². The van der Waals surface area contributed by atoms with E-state index in [0.717, 1.165) is 16.9 Å². The first-order chi connectivity index (χ1) is 13.0. The molecule has 2 amide bonds. The van der Waals surface area contributed by atoms with E-state index >= 15 is 0 Å². The summed E-state index contributed by atoms with van der Waals surface area (Å²) in [6.45, 7) is 4.69. The maximum absolute atomic E-state index is 13.0. The van der Waals surface area contributed by atoms with Crippen LogP contribution < -0.4 is 10.1 Å². The number of likely N-dealkylation sites (N-methyl/N-ethyl adjacent to an activating group) is 1. The number of methoxy groups -OCH3 is 1. The van der Waals surface area contributed by atoms with Crippen molar-refractivity contribution >= 4 is 11.8 Å². The second kappa shape index (κ2) is 10.4. The highest BCUT2D eigenvalue weighted by Gasteiger charge is 2.25. The van der Waals surface area contributed by atoms with Gasteiger partial charge in [-0.25, -0.2) is 0 Å². The van der Waals surface area contributed by atoms with Crippen LogP contribution in [0.5, 0.6) is 5.75 Å². The zero-order valence-corrected chi connectivity index (χ0v) is 16.3. The van der Waals surface area contributed by atoms with Gasteiger partial charge in [0.15, 0.2) is 0 Å². The summed E-state index contributed by atoms with van der Waals surface area (Å²) in [6.07, 6.45) is 0.960. The number of rotatable bonds is 9. The lowest BCUT2D eigenvalue weighted by atomic mass is 10.1. The number of carbonyl (C=O) groups excluding carboxylic acids is 2. The van der Waals surface area contributed by atoms with Crippen LogP contribution >= 0.6 is 0 Å². The minimum atomic E-state index is -0.514. The van der Waals surface area contributed by atoms with Gasteiger partial charge < -0.3 is 15.0 Å². The molecule has 0 fully saturated rings. The third-order valence-electron chi connectivity index (χ3n) is 4.52. The lowest BCUT2D eigenvalue weighted by Crippen LogP contribution is -2.49. The monoisotopic (exact) mass is 368 g/mol. The molecule has 0 spiro atoms. The van der Waals surface area contributed by atoms with Gasteiger partial charge in [-0.1, -0.05) is 42.5 Å². The van der Waals surface area contributed by atoms with E-state index in [1.165, 1.54) is 0 Å². The molecule has 0 aliphatic rings. The Morgan fingerprint density at radius 1 is 1.04 bits per heavy atom. The Labute approximate surface area is 161 Å². The topological polar surface area (TPSA) is 58.6 Å². The molecule has 1 unspecified atom stereocenters. The average molecular weight is 368 g/mol. The molecule has 0 aliphatic carbocycles. The van der Waals surface area contributed by atoms with Crippen LogP contribution in [-0.2, 0) is 22.4 Å². The van der Waals surface area contributed by atoms with Gasteiger partial charge in [-0.2, -0.15) is 0 Å². The van der Waals surface area contributed by atoms with Gasteiger partial charge in [0.1, 0.15) is 11.8 Å². The van der Waals surface area contributed by atoms with Crippen molar-refractivity contribution in [2.75, 3.05) is 20.2 Å². The summed E-state index contributed by atoms with van der Waals surface area (Å²) in [5.41, 5.74) is 2.04. The van der Waals surface area contributed by atoms with Crippen LogP contribution in [0.3, 0.4) is 0 Å². The predicted molar refractivity (Wildman–Crippen MR) is 107 cm³/mol. The van der Waals surface area contributed by atoms with Gasteiger partial charge in [0.25, 0.3) is 0 Å². The fourth-order valence-corrected chi connectivity index (χ4v) is 2.91. The number of nitrogens with one attached hydrogen (secondary N) is 1. The van der Waals surface area contributed by atoms with Crippen molar-refractivity contribution in [1.82, 2.24) is 10.2 Å². The van der Waals surface area contributed by atoms with E-state index in [1.54, 1.807) is 18.9 Å². The molecular weight excluding hydrogens is 340 g/mol. The number of hydrogen-bond acceptors (Lipinski definition) is 3. The molecular formula is C22H28N2O3. The van der Waals surface area contributed by atoms with Gasteiger partial charge in [-0.05, 0) is 43.5 Å². The van der Waals surface area contributed by atoms with Crippen LogP contribution in [0.2, 0.25) is 0 Å². The molecule has 1 N–H and O–H groups in total. The van der Waals surface area contributed by atoms with Crippen LogP contribution in [0, 0.1) is 0 Å². The Hall–Kier alpha value is -2.82. The number of benzene rings is 2. The molecule has 0 aliphatic heterocycles. The second-order valence-corrected chi connectivity index (χ2v) is 6.42. The van der Waals surface area contributed by atoms with Crippen molar-refractivity contribution in [3.63, 3.8) is 0 Å². The van der Waals surface area contributed by atoms with Gasteiger partial charge in [-0.3, -0.25) is 9.59 Å². The number of nitrogens with zero attached hydrogens (tertiary/aromatic N) is 1. The third-order valence-corrected chi connectivity index (χ3v) is 4.52. The van der Waals surface area contributed by atoms with Crippen molar-refractivity contribution < 1.29 is 14.3 Å². The van der Waals surface area contributed by atoms with E-state index in [-0.39, 0.29) is 18.2 Å². The zero-order chi connectivity index (χ0) is 19.6. The SMILES string of the molecule is CCNC(=O)C(C)N(CCc1ccccc1)C(=O)Cc1ccc(OC)cc1. The van der Waals surface area contributed by atoms with Gasteiger partial charge in [0.2, 0.25) is 11.8 Å². The zero-order valence-electron chi connectivity index (χ0n) is 16.3. The first kappa shape index (κ1) is 20.5. The Kier molecular flexibility index (Phi) is 7.86. The molecule has 0 heterocycles. The molecule has 5 heteroatoms. The van der Waals surface area contributed by atoms with E-state index in [0.29, 0.717) is 19.5 Å². The lowest BCUT2D eigenvalue weighted by Gasteiger charge is -2.28. The highest BCUT2D eigenvalue weighted by molar-refractivity contribution is 5.88. The van der Waals surface area contributed by atoms with Crippen LogP contribution in [0.25, 0.3) is 0 Å². The molecule has 27 heavy (non-hydrogen) atoms. The predicted octanol–water partition coefficient (Wildman–Crippen LogP) is 2.83. The lowest BCUT2D eigenvalue weighted by molar-refractivity contribution is -0.139. The van der Waals surface area contributed by atoms with E-state index in [1.807, 2.05) is 61.5 Å². The van der Waals surface area contributed by atoms with Crippen molar-refractivity contribution in [2.24, 2.45) is 0 Å². The highest BCUT2D eigenvalue weighted by Crippen LogP contribution is 2.14. The smallest absolute Gasteiger partial charge is 0.242 e. The van der Waals surface area contributed by atoms with Crippen molar-refractivity contribution in [3.05, 3.63) is 65.7 Å². The van der Waals surface area contributed by atoms with Crippen LogP contribution in [0.1, 0.15) is 25.0 Å². The van der Waals surface area contributed by atoms with Gasteiger partial charge in [-0.15, -0.1) is 0 Å². The summed E-state index contributed by atoms with van der Waals surface area (Å²) in [5.74, 6) is 0.561. The molecule has 144 valence electrons. The summed E-state index contributed by atoms with van der Waals surface area (Å²) in [4.78, 5) is 26.9. The van der Waals surface area contributed by atoms with Crippen LogP contribution in [0.4, 0.5) is 0 Å². The Morgan fingerprint density at radius 2 is 1.70 bits per heavy atom. The molecule has 2 rings (SSSR count). The number of amides is 2. The molecule has 2 aromatic carbocycles. The highest BCUT2D eigenvalue weighted by atomic mass is 16.5. The number of ether oxygens (including phenoxy) is 1. The van der Waals surface area contributed by atoms with Gasteiger partial charge in [0.05, 0.1) is 13.5 Å². The molecule has 2 aromatic rings. The fraction of sp³-hybridized carbons (Fsp3) is 0.364. The minimum absolute atomic E-state index is 0.0603. The van der Waals surface area contributed by atoms with Crippen molar-refractivity contribution in [1.29, 1.82) is 0 Å². The second-order valence-electron chi connectivity index (χ2n) is 6.42. The molecule has 0 bridgehead atoms. The average Bonchev–Trinajstić information content (AvgIpc) is 2.69. The third kappa shape index (κ3) is 6.13. The summed E-state index contributed by atoms with van der Waals surface area (Å²) in [6, 6.07) is 16.9. The summed E-state index contributed by atoms with van der Waals surface area (Å²) < 4.78 is 5.16. The van der Waals surface area contributed by atoms with Crippen LogP contribution in [-0.4, -0.2) is 43.0 Å². The van der Waals surface area contributed by atoms with Gasteiger partial charge >= 0.3 is 0 Å². The number of carbonyl (C=O) groups is 2. The standard InChI is InChI=1S/C22H28N2O3/c1-4-23-22(26)17(2)24(15-14-18-8-6-5-7-9-18)21(25)16-19-10-12-20(27-3)13-11-19/h5-13,17H,4,14-16H2,1-3H3,(H,23,26). The molecule has 0 aromatic heterocycles. The Balaban J connectivity index is 2.10. The van der Waals surface area contributed by atoms with E-state index in [9.17, 15) is 9.59 Å². The number of hydrogen-bond donors (Lipinski definition) is 1. The maximum Gasteiger partial charge on any atom is 0.242 e. The molecule has 0 saturated heterocycles. The molecule has 0 radical (unpaired) electrons. The summed E-state index contributed by atoms with van der Waals surface area (Å²) >= 11 is 0. The van der Waals surface area contributed by atoms with Crippen LogP contribution in [0.15, 0.2) is 54.6 Å². The first-order valence-corrected chi connectivity index (χ1v) is 9.29. The minimum Gasteiger partial charge on any atom is -0.497 e. The van der Waals surface area contributed by atoms with E-state index in [4.69, 9.17) is 4.74 Å². The Morgan fingerprint density at radius 3 is 2.30 bits per heavy atom. The first-order valence-electron chi connectivity index (χ1n) is 9.29. The summed E-state index contributed by atoms with van der Waals surface area (Å²) in [7, 11) is 1.61. The molecule has 0 saturated carbocycles. The van der Waals surface area contributed by atoms with E-state index in [2.05, 4.69) is 5.32 Å². The quantitative estimate of drug-likeness (QED) is 0.740. The molecule has 1 atom stereocenters. The fourth-order valence-electron chi connectivity index (χ4n) is 2.91. The maximum atomic E-state index is 13.0. The molecule has 5 nitrogen and oxygen atoms in total. The van der Waals surface area contributed by atoms with E-state index < -0.39 is 6.04 Å².